The molecule has 0 aromatic heterocycles. The van der Waals surface area contributed by atoms with E-state index in [0.29, 0.717) is 12.8 Å². The number of carboxylic acid groups (broad SMARTS) is 2. The first-order valence-corrected chi connectivity index (χ1v) is 16.3. The summed E-state index contributed by atoms with van der Waals surface area (Å²) in [6.45, 7) is 1.84. The van der Waals surface area contributed by atoms with Crippen LogP contribution >= 0.6 is 0 Å². The Hall–Kier alpha value is -5.74. The minimum atomic E-state index is -0.739. The van der Waals surface area contributed by atoms with Gasteiger partial charge in [-0.05, 0) is 69.3 Å². The van der Waals surface area contributed by atoms with Crippen molar-refractivity contribution in [3.05, 3.63) is 169 Å². The fraction of sp³-hybridized carbons (Fsp3) is 0.136. The van der Waals surface area contributed by atoms with Crippen LogP contribution in [0.15, 0.2) is 164 Å². The van der Waals surface area contributed by atoms with Crippen LogP contribution in [0.5, 0.6) is 0 Å². The molecule has 0 unspecified atom stereocenters. The molecule has 6 aromatic carbocycles. The zero-order valence-electron chi connectivity index (χ0n) is 27.3. The molecule has 2 N–H and O–H groups in total. The Morgan fingerprint density at radius 3 is 1.12 bits per heavy atom. The molecular weight excluding hydrogens is 592 g/mol. The van der Waals surface area contributed by atoms with Gasteiger partial charge in [-0.15, -0.1) is 0 Å². The van der Waals surface area contributed by atoms with Crippen molar-refractivity contribution in [3.63, 3.8) is 0 Å². The van der Waals surface area contributed by atoms with E-state index in [0.717, 1.165) is 12.8 Å². The van der Waals surface area contributed by atoms with E-state index in [-0.39, 0.29) is 6.42 Å². The van der Waals surface area contributed by atoms with Gasteiger partial charge in [0.25, 0.3) is 0 Å². The number of hydrogen-bond acceptors (Lipinski definition) is 2. The Bertz CT molecular complexity index is 1790. The van der Waals surface area contributed by atoms with Crippen LogP contribution in [0.1, 0.15) is 38.2 Å². The normalized spacial score (nSPS) is 10.1. The zero-order chi connectivity index (χ0) is 34.0. The molecule has 0 aliphatic carbocycles. The first-order valence-electron chi connectivity index (χ1n) is 16.3. The first kappa shape index (κ1) is 35.1. The van der Waals surface area contributed by atoms with Crippen molar-refractivity contribution in [1.82, 2.24) is 0 Å². The van der Waals surface area contributed by atoms with Gasteiger partial charge < -0.3 is 10.2 Å². The minimum absolute atomic E-state index is 0.203. The Labute approximate surface area is 284 Å². The van der Waals surface area contributed by atoms with Gasteiger partial charge in [0.2, 0.25) is 0 Å². The number of aryl methyl sites for hydroxylation is 1. The summed E-state index contributed by atoms with van der Waals surface area (Å²) in [6, 6.07) is 56.6. The van der Waals surface area contributed by atoms with Gasteiger partial charge in [0.05, 0.1) is 0 Å². The maximum absolute atomic E-state index is 10.8. The van der Waals surface area contributed by atoms with Crippen LogP contribution < -0.4 is 0 Å². The van der Waals surface area contributed by atoms with E-state index < -0.39 is 11.9 Å². The van der Waals surface area contributed by atoms with Gasteiger partial charge in [0.1, 0.15) is 0 Å². The molecule has 0 fully saturated rings. The maximum atomic E-state index is 10.8. The summed E-state index contributed by atoms with van der Waals surface area (Å²) >= 11 is 0. The third kappa shape index (κ3) is 10.7. The summed E-state index contributed by atoms with van der Waals surface area (Å²) in [6.07, 6.45) is 2.65. The maximum Gasteiger partial charge on any atom is 0.303 e. The number of carbonyl (C=O) groups is 2. The van der Waals surface area contributed by atoms with Crippen LogP contribution in [-0.4, -0.2) is 22.2 Å². The molecule has 4 heteroatoms. The van der Waals surface area contributed by atoms with Gasteiger partial charge in [-0.25, -0.2) is 0 Å². The summed E-state index contributed by atoms with van der Waals surface area (Å²) in [4.78, 5) is 20.4. The van der Waals surface area contributed by atoms with Crippen molar-refractivity contribution in [1.29, 1.82) is 0 Å². The fourth-order valence-electron chi connectivity index (χ4n) is 5.45. The minimum Gasteiger partial charge on any atom is -0.481 e. The van der Waals surface area contributed by atoms with Crippen LogP contribution in [0.3, 0.4) is 0 Å². The van der Waals surface area contributed by atoms with Gasteiger partial charge >= 0.3 is 11.9 Å². The van der Waals surface area contributed by atoms with Crippen LogP contribution in [0.25, 0.3) is 44.5 Å². The van der Waals surface area contributed by atoms with E-state index in [2.05, 4.69) is 133 Å². The van der Waals surface area contributed by atoms with Gasteiger partial charge in [0.15, 0.2) is 0 Å². The Morgan fingerprint density at radius 1 is 0.417 bits per heavy atom. The van der Waals surface area contributed by atoms with E-state index in [1.165, 1.54) is 50.1 Å². The standard InChI is InChI=1S/C22H20O2.C18H14.C4H8O2/c23-22(24)16-8-12-18-11-4-5-13-20(18)21-15-7-6-14-19(21)17-9-2-1-3-10-17;1-3-9-15(10-4-1)17-13-7-8-14-18(17)16-11-5-2-6-12-16;1-2-3-4(5)6/h1-7,9-11,13-15H,8,12,16H2,(H,23,24);1-14H;2-3H2,1H3,(H,5,6). The number of aliphatic carboxylic acids is 2. The summed E-state index contributed by atoms with van der Waals surface area (Å²) in [5.41, 5.74) is 11.0. The molecule has 242 valence electrons. The van der Waals surface area contributed by atoms with Gasteiger partial charge in [-0.1, -0.05) is 171 Å². The quantitative estimate of drug-likeness (QED) is 0.157. The van der Waals surface area contributed by atoms with Crippen molar-refractivity contribution >= 4 is 11.9 Å². The predicted octanol–water partition coefficient (Wildman–Crippen LogP) is 11.3. The van der Waals surface area contributed by atoms with Crippen molar-refractivity contribution in [3.8, 4) is 44.5 Å². The number of carboxylic acids is 2. The molecule has 0 aliphatic heterocycles. The fourth-order valence-corrected chi connectivity index (χ4v) is 5.45. The van der Waals surface area contributed by atoms with Crippen LogP contribution in [-0.2, 0) is 16.0 Å². The summed E-state index contributed by atoms with van der Waals surface area (Å²) in [7, 11) is 0. The lowest BCUT2D eigenvalue weighted by Crippen LogP contribution is -1.97. The molecule has 0 saturated heterocycles. The summed E-state index contributed by atoms with van der Waals surface area (Å²) < 4.78 is 0. The van der Waals surface area contributed by atoms with E-state index in [1.807, 2.05) is 37.3 Å². The molecule has 0 spiro atoms. The Balaban J connectivity index is 0.000000191. The molecule has 6 rings (SSSR count). The smallest absolute Gasteiger partial charge is 0.303 e. The SMILES string of the molecule is CCCC(=O)O.O=C(O)CCCc1ccccc1-c1ccccc1-c1ccccc1.c1ccc(-c2ccccc2-c2ccccc2)cc1. The van der Waals surface area contributed by atoms with Crippen molar-refractivity contribution in [2.45, 2.75) is 39.0 Å². The third-order valence-electron chi connectivity index (χ3n) is 7.72. The monoisotopic (exact) mass is 634 g/mol. The molecule has 48 heavy (non-hydrogen) atoms. The van der Waals surface area contributed by atoms with Crippen molar-refractivity contribution in [2.24, 2.45) is 0 Å². The molecular formula is C44H42O4. The van der Waals surface area contributed by atoms with E-state index in [4.69, 9.17) is 10.2 Å². The average Bonchev–Trinajstić information content (AvgIpc) is 3.13. The predicted molar refractivity (Wildman–Crippen MR) is 198 cm³/mol. The number of hydrogen-bond donors (Lipinski definition) is 2. The Kier molecular flexibility index (Phi) is 13.9. The lowest BCUT2D eigenvalue weighted by molar-refractivity contribution is -0.138. The summed E-state index contributed by atoms with van der Waals surface area (Å²) in [5.74, 6) is -1.45. The Morgan fingerprint density at radius 2 is 0.750 bits per heavy atom. The van der Waals surface area contributed by atoms with Crippen LogP contribution in [0.4, 0.5) is 0 Å². The second kappa shape index (κ2) is 19.0. The summed E-state index contributed by atoms with van der Waals surface area (Å²) in [5, 5.41) is 16.8. The van der Waals surface area contributed by atoms with Crippen LogP contribution in [0, 0.1) is 0 Å². The van der Waals surface area contributed by atoms with Crippen LogP contribution in [0.2, 0.25) is 0 Å². The molecule has 0 amide bonds. The first-order chi connectivity index (χ1) is 23.5. The lowest BCUT2D eigenvalue weighted by atomic mass is 9.90. The molecule has 0 aliphatic rings. The zero-order valence-corrected chi connectivity index (χ0v) is 27.3. The molecule has 6 aromatic rings. The molecule has 0 saturated carbocycles. The van der Waals surface area contributed by atoms with E-state index >= 15 is 0 Å². The molecule has 0 heterocycles. The lowest BCUT2D eigenvalue weighted by Gasteiger charge is -2.14. The molecule has 0 bridgehead atoms. The topological polar surface area (TPSA) is 74.6 Å². The number of rotatable bonds is 10. The van der Waals surface area contributed by atoms with Gasteiger partial charge in [0, 0.05) is 12.8 Å². The molecule has 0 atom stereocenters. The average molecular weight is 635 g/mol. The van der Waals surface area contributed by atoms with E-state index in [1.54, 1.807) is 0 Å². The highest BCUT2D eigenvalue weighted by Gasteiger charge is 2.11. The van der Waals surface area contributed by atoms with E-state index in [9.17, 15) is 9.59 Å². The highest BCUT2D eigenvalue weighted by molar-refractivity contribution is 5.85. The molecule has 4 nitrogen and oxygen atoms in total. The highest BCUT2D eigenvalue weighted by Crippen LogP contribution is 2.34. The van der Waals surface area contributed by atoms with Crippen molar-refractivity contribution < 1.29 is 19.8 Å². The largest absolute Gasteiger partial charge is 0.481 e. The number of benzene rings is 6. The second-order valence-corrected chi connectivity index (χ2v) is 11.2. The van der Waals surface area contributed by atoms with Gasteiger partial charge in [-0.3, -0.25) is 9.59 Å². The highest BCUT2D eigenvalue weighted by atomic mass is 16.4. The third-order valence-corrected chi connectivity index (χ3v) is 7.72. The second-order valence-electron chi connectivity index (χ2n) is 11.2. The molecule has 0 radical (unpaired) electrons. The van der Waals surface area contributed by atoms with Crippen molar-refractivity contribution in [2.75, 3.05) is 0 Å². The van der Waals surface area contributed by atoms with Gasteiger partial charge in [-0.2, -0.15) is 0 Å².